The fraction of sp³-hybridized carbons (Fsp3) is 0.100. The van der Waals surface area contributed by atoms with Gasteiger partial charge in [-0.25, -0.2) is 0 Å². The van der Waals surface area contributed by atoms with Crippen molar-refractivity contribution in [2.75, 3.05) is 12.8 Å². The first kappa shape index (κ1) is 9.02. The van der Waals surface area contributed by atoms with E-state index in [1.807, 2.05) is 11.4 Å². The zero-order valence-corrected chi connectivity index (χ0v) is 8.43. The van der Waals surface area contributed by atoms with Gasteiger partial charge in [-0.3, -0.25) is 4.79 Å². The Balaban J connectivity index is 2.83. The lowest BCUT2D eigenvalue weighted by Gasteiger charge is -2.02. The van der Waals surface area contributed by atoms with E-state index in [4.69, 9.17) is 10.5 Å². The van der Waals surface area contributed by atoms with Crippen molar-refractivity contribution >= 4 is 33.4 Å². The second kappa shape index (κ2) is 3.31. The molecule has 0 bridgehead atoms. The van der Waals surface area contributed by atoms with Crippen LogP contribution in [0.5, 0.6) is 5.75 Å². The van der Waals surface area contributed by atoms with E-state index in [1.54, 1.807) is 24.5 Å². The molecule has 2 N–H and O–H groups in total. The van der Waals surface area contributed by atoms with Crippen molar-refractivity contribution in [3.63, 3.8) is 0 Å². The van der Waals surface area contributed by atoms with Crippen molar-refractivity contribution in [3.8, 4) is 5.75 Å². The van der Waals surface area contributed by atoms with E-state index in [1.165, 1.54) is 0 Å². The molecule has 0 radical (unpaired) electrons. The Kier molecular flexibility index (Phi) is 2.13. The number of nitrogens with two attached hydrogens (primary N) is 1. The molecule has 0 atom stereocenters. The highest BCUT2D eigenvalue weighted by Gasteiger charge is 2.10. The Hall–Kier alpha value is -1.55. The number of carbonyl (C=O) groups is 1. The summed E-state index contributed by atoms with van der Waals surface area (Å²) in [5, 5.41) is 2.72. The predicted octanol–water partition coefficient (Wildman–Crippen LogP) is 2.30. The number of hydrogen-bond donors (Lipinski definition) is 1. The Morgan fingerprint density at radius 1 is 1.50 bits per heavy atom. The molecule has 0 spiro atoms. The summed E-state index contributed by atoms with van der Waals surface area (Å²) in [4.78, 5) is 10.7. The molecular formula is C10H9NO2S. The largest absolute Gasteiger partial charge is 0.495 e. The standard InChI is InChI=1S/C10H9NO2S/c1-13-7-5-14-8-3-2-6(4-12)10(11)9(7)8/h2-5H,11H2,1H3. The second-order valence-corrected chi connectivity index (χ2v) is 3.77. The SMILES string of the molecule is COc1csc2ccc(C=O)c(N)c12. The van der Waals surface area contributed by atoms with E-state index in [-0.39, 0.29) is 0 Å². The Labute approximate surface area is 85.1 Å². The molecule has 0 unspecified atom stereocenters. The first-order valence-corrected chi connectivity index (χ1v) is 4.94. The topological polar surface area (TPSA) is 52.3 Å². The molecule has 3 nitrogen and oxygen atoms in total. The maximum absolute atomic E-state index is 10.7. The number of thiophene rings is 1. The molecule has 1 heterocycles. The van der Waals surface area contributed by atoms with E-state index in [0.717, 1.165) is 22.1 Å². The van der Waals surface area contributed by atoms with Crippen molar-refractivity contribution in [2.45, 2.75) is 0 Å². The molecule has 2 aromatic rings. The van der Waals surface area contributed by atoms with Crippen LogP contribution in [0.4, 0.5) is 5.69 Å². The lowest BCUT2D eigenvalue weighted by atomic mass is 10.1. The summed E-state index contributed by atoms with van der Waals surface area (Å²) >= 11 is 1.55. The van der Waals surface area contributed by atoms with Crippen LogP contribution >= 0.6 is 11.3 Å². The van der Waals surface area contributed by atoms with E-state index < -0.39 is 0 Å². The average Bonchev–Trinajstić information content (AvgIpc) is 2.62. The molecule has 14 heavy (non-hydrogen) atoms. The number of benzene rings is 1. The van der Waals surface area contributed by atoms with Gasteiger partial charge in [-0.15, -0.1) is 11.3 Å². The minimum Gasteiger partial charge on any atom is -0.495 e. The second-order valence-electron chi connectivity index (χ2n) is 2.86. The lowest BCUT2D eigenvalue weighted by molar-refractivity contribution is 0.112. The van der Waals surface area contributed by atoms with E-state index >= 15 is 0 Å². The fourth-order valence-corrected chi connectivity index (χ4v) is 2.32. The van der Waals surface area contributed by atoms with Crippen LogP contribution in [-0.4, -0.2) is 13.4 Å². The highest BCUT2D eigenvalue weighted by atomic mass is 32.1. The summed E-state index contributed by atoms with van der Waals surface area (Å²) in [6, 6.07) is 3.60. The van der Waals surface area contributed by atoms with Gasteiger partial charge in [0.15, 0.2) is 6.29 Å². The summed E-state index contributed by atoms with van der Waals surface area (Å²) in [6.07, 6.45) is 0.756. The zero-order chi connectivity index (χ0) is 10.1. The van der Waals surface area contributed by atoms with E-state index in [0.29, 0.717) is 11.3 Å². The van der Waals surface area contributed by atoms with Crippen LogP contribution in [0.2, 0.25) is 0 Å². The fourth-order valence-electron chi connectivity index (χ4n) is 1.40. The van der Waals surface area contributed by atoms with Crippen molar-refractivity contribution in [3.05, 3.63) is 23.1 Å². The van der Waals surface area contributed by atoms with Gasteiger partial charge in [0, 0.05) is 15.6 Å². The van der Waals surface area contributed by atoms with Gasteiger partial charge in [-0.1, -0.05) is 0 Å². The number of nitrogen functional groups attached to an aromatic ring is 1. The van der Waals surface area contributed by atoms with Crippen LogP contribution in [0.3, 0.4) is 0 Å². The highest BCUT2D eigenvalue weighted by Crippen LogP contribution is 2.37. The molecule has 1 aromatic heterocycles. The van der Waals surface area contributed by atoms with Crippen LogP contribution in [0.15, 0.2) is 17.5 Å². The van der Waals surface area contributed by atoms with Crippen LogP contribution in [-0.2, 0) is 0 Å². The van der Waals surface area contributed by atoms with Crippen molar-refractivity contribution in [2.24, 2.45) is 0 Å². The van der Waals surface area contributed by atoms with Gasteiger partial charge in [0.05, 0.1) is 18.2 Å². The van der Waals surface area contributed by atoms with Crippen molar-refractivity contribution < 1.29 is 9.53 Å². The first-order chi connectivity index (χ1) is 6.77. The number of hydrogen-bond acceptors (Lipinski definition) is 4. The normalized spacial score (nSPS) is 10.4. The van der Waals surface area contributed by atoms with Gasteiger partial charge in [-0.2, -0.15) is 0 Å². The van der Waals surface area contributed by atoms with Crippen LogP contribution < -0.4 is 10.5 Å². The van der Waals surface area contributed by atoms with Crippen LogP contribution in [0.1, 0.15) is 10.4 Å². The maximum atomic E-state index is 10.7. The molecular weight excluding hydrogens is 198 g/mol. The monoisotopic (exact) mass is 207 g/mol. The van der Waals surface area contributed by atoms with Gasteiger partial charge >= 0.3 is 0 Å². The van der Waals surface area contributed by atoms with Crippen molar-refractivity contribution in [1.29, 1.82) is 0 Å². The molecule has 1 aromatic carbocycles. The minimum atomic E-state index is 0.496. The van der Waals surface area contributed by atoms with E-state index in [2.05, 4.69) is 0 Å². The van der Waals surface area contributed by atoms with Gasteiger partial charge in [-0.05, 0) is 12.1 Å². The molecule has 0 amide bonds. The molecule has 72 valence electrons. The summed E-state index contributed by atoms with van der Waals surface area (Å²) in [6.45, 7) is 0. The number of fused-ring (bicyclic) bond motifs is 1. The number of aldehydes is 1. The number of ether oxygens (including phenoxy) is 1. The average molecular weight is 207 g/mol. The molecule has 0 aliphatic rings. The third kappa shape index (κ3) is 1.15. The number of carbonyl (C=O) groups excluding carboxylic acids is 1. The minimum absolute atomic E-state index is 0.496. The molecule has 0 saturated heterocycles. The summed E-state index contributed by atoms with van der Waals surface area (Å²) in [5.74, 6) is 0.728. The first-order valence-electron chi connectivity index (χ1n) is 4.06. The summed E-state index contributed by atoms with van der Waals surface area (Å²) in [7, 11) is 1.59. The van der Waals surface area contributed by atoms with Crippen LogP contribution in [0, 0.1) is 0 Å². The third-order valence-corrected chi connectivity index (χ3v) is 3.05. The Bertz CT molecular complexity index is 490. The molecule has 0 aliphatic heterocycles. The van der Waals surface area contributed by atoms with Gasteiger partial charge in [0.2, 0.25) is 0 Å². The third-order valence-electron chi connectivity index (χ3n) is 2.13. The van der Waals surface area contributed by atoms with Gasteiger partial charge in [0.25, 0.3) is 0 Å². The summed E-state index contributed by atoms with van der Waals surface area (Å²) < 4.78 is 6.19. The Morgan fingerprint density at radius 2 is 2.29 bits per heavy atom. The predicted molar refractivity (Wildman–Crippen MR) is 58.2 cm³/mol. The quantitative estimate of drug-likeness (QED) is 0.607. The highest BCUT2D eigenvalue weighted by molar-refractivity contribution is 7.17. The molecule has 2 rings (SSSR count). The molecule has 0 aliphatic carbocycles. The van der Waals surface area contributed by atoms with Crippen molar-refractivity contribution in [1.82, 2.24) is 0 Å². The maximum Gasteiger partial charge on any atom is 0.152 e. The van der Waals surface area contributed by atoms with Gasteiger partial charge < -0.3 is 10.5 Å². The number of methoxy groups -OCH3 is 1. The number of anilines is 1. The lowest BCUT2D eigenvalue weighted by Crippen LogP contribution is -1.93. The molecule has 0 fully saturated rings. The Morgan fingerprint density at radius 3 is 2.93 bits per heavy atom. The van der Waals surface area contributed by atoms with E-state index in [9.17, 15) is 4.79 Å². The summed E-state index contributed by atoms with van der Waals surface area (Å²) in [5.41, 5.74) is 6.85. The van der Waals surface area contributed by atoms with Crippen LogP contribution in [0.25, 0.3) is 10.1 Å². The smallest absolute Gasteiger partial charge is 0.152 e. The van der Waals surface area contributed by atoms with Gasteiger partial charge in [0.1, 0.15) is 5.75 Å². The molecule has 4 heteroatoms. The number of rotatable bonds is 2. The molecule has 0 saturated carbocycles. The zero-order valence-electron chi connectivity index (χ0n) is 7.61.